The second kappa shape index (κ2) is 8.26. The molecule has 0 saturated heterocycles. The Morgan fingerprint density at radius 1 is 1.10 bits per heavy atom. The SMILES string of the molecule is O=C(Nc1nc2c(s1)CC[C@H]2C(=O)NCC1CCCCC1)c1ccc2c(c1)OCO2. The van der Waals surface area contributed by atoms with Crippen molar-refractivity contribution in [2.45, 2.75) is 50.9 Å². The zero-order valence-corrected chi connectivity index (χ0v) is 17.6. The van der Waals surface area contributed by atoms with E-state index in [1.807, 2.05) is 0 Å². The zero-order chi connectivity index (χ0) is 20.5. The Balaban J connectivity index is 1.22. The summed E-state index contributed by atoms with van der Waals surface area (Å²) < 4.78 is 10.6. The van der Waals surface area contributed by atoms with Crippen molar-refractivity contribution in [2.75, 3.05) is 18.7 Å². The highest BCUT2D eigenvalue weighted by molar-refractivity contribution is 7.16. The Kier molecular flexibility index (Phi) is 5.33. The van der Waals surface area contributed by atoms with E-state index in [1.165, 1.54) is 43.4 Å². The van der Waals surface area contributed by atoms with Gasteiger partial charge in [0.2, 0.25) is 12.7 Å². The van der Waals surface area contributed by atoms with Crippen LogP contribution in [0.15, 0.2) is 18.2 Å². The van der Waals surface area contributed by atoms with Crippen molar-refractivity contribution in [3.8, 4) is 11.5 Å². The van der Waals surface area contributed by atoms with E-state index in [9.17, 15) is 9.59 Å². The molecule has 1 aromatic heterocycles. The van der Waals surface area contributed by atoms with Crippen LogP contribution in [0.5, 0.6) is 11.5 Å². The van der Waals surface area contributed by atoms with Crippen molar-refractivity contribution < 1.29 is 19.1 Å². The minimum absolute atomic E-state index is 0.0678. The third kappa shape index (κ3) is 3.88. The van der Waals surface area contributed by atoms with Crippen LogP contribution in [0.25, 0.3) is 0 Å². The fraction of sp³-hybridized carbons (Fsp3) is 0.500. The Labute approximate surface area is 179 Å². The molecule has 30 heavy (non-hydrogen) atoms. The first-order chi connectivity index (χ1) is 14.7. The summed E-state index contributed by atoms with van der Waals surface area (Å²) in [5.74, 6) is 1.42. The van der Waals surface area contributed by atoms with E-state index in [-0.39, 0.29) is 24.5 Å². The number of anilines is 1. The third-order valence-corrected chi connectivity index (χ3v) is 7.23. The summed E-state index contributed by atoms with van der Waals surface area (Å²) in [6.45, 7) is 0.937. The van der Waals surface area contributed by atoms with Crippen molar-refractivity contribution in [2.24, 2.45) is 5.92 Å². The maximum atomic E-state index is 12.8. The molecule has 2 aliphatic carbocycles. The molecule has 0 unspecified atom stereocenters. The summed E-state index contributed by atoms with van der Waals surface area (Å²) in [5, 5.41) is 6.54. The van der Waals surface area contributed by atoms with Crippen LogP contribution in [0.3, 0.4) is 0 Å². The van der Waals surface area contributed by atoms with Gasteiger partial charge in [0.15, 0.2) is 16.6 Å². The normalized spacial score (nSPS) is 20.1. The average Bonchev–Trinajstić information content (AvgIpc) is 3.47. The molecule has 0 radical (unpaired) electrons. The summed E-state index contributed by atoms with van der Waals surface area (Å²) in [7, 11) is 0. The van der Waals surface area contributed by atoms with Gasteiger partial charge < -0.3 is 14.8 Å². The minimum Gasteiger partial charge on any atom is -0.454 e. The van der Waals surface area contributed by atoms with Crippen LogP contribution < -0.4 is 20.1 Å². The van der Waals surface area contributed by atoms with E-state index in [2.05, 4.69) is 15.6 Å². The van der Waals surface area contributed by atoms with Crippen LogP contribution in [0.4, 0.5) is 5.13 Å². The number of nitrogens with zero attached hydrogens (tertiary/aromatic N) is 1. The number of hydrogen-bond donors (Lipinski definition) is 2. The molecule has 2 heterocycles. The molecule has 5 rings (SSSR count). The summed E-state index contributed by atoms with van der Waals surface area (Å²) in [4.78, 5) is 31.1. The standard InChI is InChI=1S/C22H25N3O4S/c26-20(14-6-8-16-17(10-14)29-12-28-16)25-22-24-19-15(7-9-18(19)30-22)21(27)23-11-13-4-2-1-3-5-13/h6,8,10,13,15H,1-5,7,9,11-12H2,(H,23,27)(H,24,25,26)/t15-/m1/s1. The molecule has 1 aromatic carbocycles. The summed E-state index contributed by atoms with van der Waals surface area (Å²) in [6.07, 6.45) is 7.90. The van der Waals surface area contributed by atoms with E-state index in [0.29, 0.717) is 28.1 Å². The molecule has 1 aliphatic heterocycles. The van der Waals surface area contributed by atoms with E-state index >= 15 is 0 Å². The van der Waals surface area contributed by atoms with Crippen LogP contribution in [0.2, 0.25) is 0 Å². The molecule has 158 valence electrons. The monoisotopic (exact) mass is 427 g/mol. The van der Waals surface area contributed by atoms with Gasteiger partial charge in [0.05, 0.1) is 11.6 Å². The highest BCUT2D eigenvalue weighted by Crippen LogP contribution is 2.39. The molecule has 0 spiro atoms. The number of aromatic nitrogens is 1. The van der Waals surface area contributed by atoms with Gasteiger partial charge >= 0.3 is 0 Å². The maximum absolute atomic E-state index is 12.8. The smallest absolute Gasteiger partial charge is 0.257 e. The number of fused-ring (bicyclic) bond motifs is 2. The van der Waals surface area contributed by atoms with Gasteiger partial charge in [0, 0.05) is 17.0 Å². The van der Waals surface area contributed by atoms with Crippen LogP contribution in [-0.2, 0) is 11.2 Å². The predicted molar refractivity (Wildman–Crippen MR) is 113 cm³/mol. The Morgan fingerprint density at radius 2 is 1.93 bits per heavy atom. The minimum atomic E-state index is -0.251. The van der Waals surface area contributed by atoms with Gasteiger partial charge in [-0.3, -0.25) is 14.9 Å². The maximum Gasteiger partial charge on any atom is 0.257 e. The summed E-state index contributed by atoms with van der Waals surface area (Å²) in [6, 6.07) is 5.10. The van der Waals surface area contributed by atoms with Crippen LogP contribution in [0.1, 0.15) is 65.4 Å². The van der Waals surface area contributed by atoms with Gasteiger partial charge in [-0.05, 0) is 49.8 Å². The molecule has 2 aromatic rings. The fourth-order valence-electron chi connectivity index (χ4n) is 4.50. The lowest BCUT2D eigenvalue weighted by molar-refractivity contribution is -0.122. The number of ether oxygens (including phenoxy) is 2. The predicted octanol–water partition coefficient (Wildman–Crippen LogP) is 3.85. The molecule has 7 nitrogen and oxygen atoms in total. The van der Waals surface area contributed by atoms with Crippen molar-refractivity contribution in [3.05, 3.63) is 34.3 Å². The highest BCUT2D eigenvalue weighted by atomic mass is 32.1. The van der Waals surface area contributed by atoms with Crippen LogP contribution in [0, 0.1) is 5.92 Å². The lowest BCUT2D eigenvalue weighted by Crippen LogP contribution is -2.33. The molecule has 3 aliphatic rings. The van der Waals surface area contributed by atoms with Crippen LogP contribution in [-0.4, -0.2) is 30.1 Å². The Morgan fingerprint density at radius 3 is 2.80 bits per heavy atom. The average molecular weight is 428 g/mol. The number of benzene rings is 1. The first-order valence-electron chi connectivity index (χ1n) is 10.7. The van der Waals surface area contributed by atoms with Gasteiger partial charge in [-0.25, -0.2) is 4.98 Å². The van der Waals surface area contributed by atoms with E-state index < -0.39 is 0 Å². The lowest BCUT2D eigenvalue weighted by atomic mass is 9.89. The second-order valence-corrected chi connectivity index (χ2v) is 9.27. The molecule has 2 N–H and O–H groups in total. The number of amides is 2. The van der Waals surface area contributed by atoms with Crippen molar-refractivity contribution in [3.63, 3.8) is 0 Å². The quantitative estimate of drug-likeness (QED) is 0.757. The summed E-state index contributed by atoms with van der Waals surface area (Å²) in [5.41, 5.74) is 1.30. The van der Waals surface area contributed by atoms with E-state index in [0.717, 1.165) is 30.0 Å². The molecule has 1 atom stereocenters. The number of hydrogen-bond acceptors (Lipinski definition) is 6. The fourth-order valence-corrected chi connectivity index (χ4v) is 5.54. The third-order valence-electron chi connectivity index (χ3n) is 6.18. The van der Waals surface area contributed by atoms with Gasteiger partial charge in [-0.2, -0.15) is 0 Å². The van der Waals surface area contributed by atoms with Crippen molar-refractivity contribution in [1.82, 2.24) is 10.3 Å². The molecule has 1 fully saturated rings. The molecule has 1 saturated carbocycles. The van der Waals surface area contributed by atoms with Gasteiger partial charge in [0.1, 0.15) is 0 Å². The highest BCUT2D eigenvalue weighted by Gasteiger charge is 2.33. The first kappa shape index (κ1) is 19.4. The summed E-state index contributed by atoms with van der Waals surface area (Å²) >= 11 is 1.46. The molecule has 2 amide bonds. The van der Waals surface area contributed by atoms with E-state index in [4.69, 9.17) is 9.47 Å². The number of carbonyl (C=O) groups excluding carboxylic acids is 2. The lowest BCUT2D eigenvalue weighted by Gasteiger charge is -2.22. The largest absolute Gasteiger partial charge is 0.454 e. The van der Waals surface area contributed by atoms with E-state index in [1.54, 1.807) is 18.2 Å². The zero-order valence-electron chi connectivity index (χ0n) is 16.7. The molecule has 8 heteroatoms. The van der Waals surface area contributed by atoms with Gasteiger partial charge in [-0.1, -0.05) is 19.3 Å². The first-order valence-corrected chi connectivity index (χ1v) is 11.5. The number of rotatable bonds is 5. The molecule has 0 bridgehead atoms. The van der Waals surface area contributed by atoms with Gasteiger partial charge in [-0.15, -0.1) is 11.3 Å². The topological polar surface area (TPSA) is 89.6 Å². The Hall–Kier alpha value is -2.61. The number of carbonyl (C=O) groups is 2. The van der Waals surface area contributed by atoms with Crippen LogP contribution >= 0.6 is 11.3 Å². The van der Waals surface area contributed by atoms with Gasteiger partial charge in [0.25, 0.3) is 5.91 Å². The molecular weight excluding hydrogens is 402 g/mol. The number of thiazole rings is 1. The Bertz CT molecular complexity index is 967. The van der Waals surface area contributed by atoms with Crippen molar-refractivity contribution >= 4 is 28.3 Å². The number of nitrogens with one attached hydrogen (secondary N) is 2. The second-order valence-electron chi connectivity index (χ2n) is 8.19. The van der Waals surface area contributed by atoms with Crippen molar-refractivity contribution in [1.29, 1.82) is 0 Å². The number of aryl methyl sites for hydroxylation is 1. The molecular formula is C22H25N3O4S.